The standard InChI is InChI=1S/C12H16N2O/c1-4-9(13)12-14-10-6-7(2)5-8(3)11(10)15-12/h5-6,9H,4,13H2,1-3H3. The van der Waals surface area contributed by atoms with Crippen LogP contribution in [0.3, 0.4) is 0 Å². The van der Waals surface area contributed by atoms with Crippen molar-refractivity contribution in [1.29, 1.82) is 0 Å². The van der Waals surface area contributed by atoms with Crippen molar-refractivity contribution in [3.8, 4) is 0 Å². The monoisotopic (exact) mass is 204 g/mol. The van der Waals surface area contributed by atoms with Gasteiger partial charge in [0.1, 0.15) is 5.52 Å². The second-order valence-corrected chi connectivity index (χ2v) is 4.00. The van der Waals surface area contributed by atoms with E-state index in [1.165, 1.54) is 5.56 Å². The lowest BCUT2D eigenvalue weighted by Crippen LogP contribution is -2.08. The molecule has 3 heteroatoms. The van der Waals surface area contributed by atoms with E-state index in [1.54, 1.807) is 0 Å². The number of nitrogens with two attached hydrogens (primary N) is 1. The van der Waals surface area contributed by atoms with Crippen LogP contribution >= 0.6 is 0 Å². The van der Waals surface area contributed by atoms with Gasteiger partial charge in [-0.15, -0.1) is 0 Å². The van der Waals surface area contributed by atoms with Gasteiger partial charge in [-0.3, -0.25) is 0 Å². The zero-order valence-electron chi connectivity index (χ0n) is 9.37. The van der Waals surface area contributed by atoms with Crippen molar-refractivity contribution in [2.45, 2.75) is 33.2 Å². The third kappa shape index (κ3) is 1.75. The highest BCUT2D eigenvalue weighted by atomic mass is 16.3. The van der Waals surface area contributed by atoms with E-state index in [-0.39, 0.29) is 6.04 Å². The quantitative estimate of drug-likeness (QED) is 0.818. The van der Waals surface area contributed by atoms with Crippen LogP contribution in [0.4, 0.5) is 0 Å². The molecule has 0 saturated heterocycles. The first-order chi connectivity index (χ1) is 7.11. The van der Waals surface area contributed by atoms with E-state index in [9.17, 15) is 0 Å². The molecule has 1 aromatic carbocycles. The molecule has 1 aromatic heterocycles. The number of aromatic nitrogens is 1. The largest absolute Gasteiger partial charge is 0.439 e. The Morgan fingerprint density at radius 1 is 1.40 bits per heavy atom. The van der Waals surface area contributed by atoms with Crippen LogP contribution in [0, 0.1) is 13.8 Å². The fourth-order valence-electron chi connectivity index (χ4n) is 1.73. The molecular formula is C12H16N2O. The summed E-state index contributed by atoms with van der Waals surface area (Å²) in [6.07, 6.45) is 0.838. The molecule has 80 valence electrons. The van der Waals surface area contributed by atoms with Gasteiger partial charge in [-0.25, -0.2) is 4.98 Å². The molecule has 1 unspecified atom stereocenters. The Kier molecular flexibility index (Phi) is 2.49. The summed E-state index contributed by atoms with van der Waals surface area (Å²) in [6.45, 7) is 6.11. The highest BCUT2D eigenvalue weighted by molar-refractivity contribution is 5.77. The van der Waals surface area contributed by atoms with Gasteiger partial charge in [0.2, 0.25) is 5.89 Å². The number of hydrogen-bond donors (Lipinski definition) is 1. The average molecular weight is 204 g/mol. The molecule has 1 atom stereocenters. The number of rotatable bonds is 2. The second kappa shape index (κ2) is 3.66. The maximum Gasteiger partial charge on any atom is 0.212 e. The third-order valence-corrected chi connectivity index (χ3v) is 2.59. The molecule has 15 heavy (non-hydrogen) atoms. The number of fused-ring (bicyclic) bond motifs is 1. The Bertz CT molecular complexity index is 488. The molecule has 3 nitrogen and oxygen atoms in total. The minimum atomic E-state index is -0.0999. The minimum absolute atomic E-state index is 0.0999. The number of oxazole rings is 1. The summed E-state index contributed by atoms with van der Waals surface area (Å²) in [6, 6.07) is 4.02. The van der Waals surface area contributed by atoms with E-state index >= 15 is 0 Å². The van der Waals surface area contributed by atoms with E-state index in [1.807, 2.05) is 19.9 Å². The van der Waals surface area contributed by atoms with Gasteiger partial charge < -0.3 is 10.2 Å². The van der Waals surface area contributed by atoms with Gasteiger partial charge >= 0.3 is 0 Å². The number of nitrogens with zero attached hydrogens (tertiary/aromatic N) is 1. The van der Waals surface area contributed by atoms with Gasteiger partial charge in [0, 0.05) is 0 Å². The molecule has 0 radical (unpaired) electrons. The van der Waals surface area contributed by atoms with Crippen LogP contribution in [0.5, 0.6) is 0 Å². The van der Waals surface area contributed by atoms with Crippen molar-refractivity contribution in [1.82, 2.24) is 4.98 Å². The molecule has 0 aliphatic heterocycles. The van der Waals surface area contributed by atoms with Crippen molar-refractivity contribution in [2.24, 2.45) is 5.73 Å². The molecule has 0 bridgehead atoms. The summed E-state index contributed by atoms with van der Waals surface area (Å²) in [4.78, 5) is 4.41. The van der Waals surface area contributed by atoms with Crippen LogP contribution in [0.2, 0.25) is 0 Å². The molecule has 0 spiro atoms. The van der Waals surface area contributed by atoms with Gasteiger partial charge in [-0.2, -0.15) is 0 Å². The lowest BCUT2D eigenvalue weighted by atomic mass is 10.1. The van der Waals surface area contributed by atoms with E-state index in [0.717, 1.165) is 23.1 Å². The maximum atomic E-state index is 5.89. The SMILES string of the molecule is CCC(N)c1nc2cc(C)cc(C)c2o1. The number of aryl methyl sites for hydroxylation is 2. The summed E-state index contributed by atoms with van der Waals surface area (Å²) >= 11 is 0. The molecule has 0 aliphatic carbocycles. The van der Waals surface area contributed by atoms with Crippen LogP contribution in [0.25, 0.3) is 11.1 Å². The lowest BCUT2D eigenvalue weighted by Gasteiger charge is -2.00. The van der Waals surface area contributed by atoms with Crippen molar-refractivity contribution in [2.75, 3.05) is 0 Å². The van der Waals surface area contributed by atoms with Crippen LogP contribution < -0.4 is 5.73 Å². The van der Waals surface area contributed by atoms with E-state index < -0.39 is 0 Å². The highest BCUT2D eigenvalue weighted by Crippen LogP contribution is 2.24. The first-order valence-electron chi connectivity index (χ1n) is 5.25. The zero-order valence-corrected chi connectivity index (χ0v) is 9.37. The zero-order chi connectivity index (χ0) is 11.0. The Morgan fingerprint density at radius 3 is 2.80 bits per heavy atom. The van der Waals surface area contributed by atoms with Gasteiger partial charge in [0.25, 0.3) is 0 Å². The normalized spacial score (nSPS) is 13.3. The highest BCUT2D eigenvalue weighted by Gasteiger charge is 2.13. The molecule has 0 aliphatic rings. The van der Waals surface area contributed by atoms with Crippen LogP contribution in [0.15, 0.2) is 16.5 Å². The summed E-state index contributed by atoms with van der Waals surface area (Å²) in [5, 5.41) is 0. The van der Waals surface area contributed by atoms with Gasteiger partial charge in [-0.05, 0) is 37.5 Å². The summed E-state index contributed by atoms with van der Waals surface area (Å²) in [5.41, 5.74) is 9.98. The van der Waals surface area contributed by atoms with Crippen LogP contribution in [0.1, 0.15) is 36.4 Å². The molecule has 0 saturated carbocycles. The summed E-state index contributed by atoms with van der Waals surface area (Å²) in [7, 11) is 0. The predicted molar refractivity (Wildman–Crippen MR) is 60.7 cm³/mol. The first kappa shape index (κ1) is 10.2. The second-order valence-electron chi connectivity index (χ2n) is 4.00. The summed E-state index contributed by atoms with van der Waals surface area (Å²) < 4.78 is 5.67. The number of hydrogen-bond acceptors (Lipinski definition) is 3. The Labute approximate surface area is 89.3 Å². The Hall–Kier alpha value is -1.35. The topological polar surface area (TPSA) is 52.0 Å². The maximum absolute atomic E-state index is 5.89. The van der Waals surface area contributed by atoms with Crippen LogP contribution in [-0.2, 0) is 0 Å². The predicted octanol–water partition coefficient (Wildman–Crippen LogP) is 2.85. The van der Waals surface area contributed by atoms with Crippen molar-refractivity contribution in [3.05, 3.63) is 29.2 Å². The smallest absolute Gasteiger partial charge is 0.212 e. The molecular weight excluding hydrogens is 188 g/mol. The van der Waals surface area contributed by atoms with Gasteiger partial charge in [0.05, 0.1) is 6.04 Å². The van der Waals surface area contributed by atoms with Gasteiger partial charge in [0.15, 0.2) is 5.58 Å². The minimum Gasteiger partial charge on any atom is -0.439 e. The molecule has 0 amide bonds. The van der Waals surface area contributed by atoms with Crippen molar-refractivity contribution < 1.29 is 4.42 Å². The Balaban J connectivity index is 2.60. The average Bonchev–Trinajstić information content (AvgIpc) is 2.60. The van der Waals surface area contributed by atoms with Gasteiger partial charge in [-0.1, -0.05) is 13.0 Å². The Morgan fingerprint density at radius 2 is 2.13 bits per heavy atom. The fraction of sp³-hybridized carbons (Fsp3) is 0.417. The number of benzene rings is 1. The summed E-state index contributed by atoms with van der Waals surface area (Å²) in [5.74, 6) is 0.640. The third-order valence-electron chi connectivity index (χ3n) is 2.59. The van der Waals surface area contributed by atoms with E-state index in [0.29, 0.717) is 5.89 Å². The molecule has 0 fully saturated rings. The van der Waals surface area contributed by atoms with Crippen molar-refractivity contribution in [3.63, 3.8) is 0 Å². The molecule has 1 heterocycles. The molecule has 2 rings (SSSR count). The van der Waals surface area contributed by atoms with E-state index in [2.05, 4.69) is 18.0 Å². The first-order valence-corrected chi connectivity index (χ1v) is 5.25. The van der Waals surface area contributed by atoms with Crippen molar-refractivity contribution >= 4 is 11.1 Å². The van der Waals surface area contributed by atoms with E-state index in [4.69, 9.17) is 10.2 Å². The molecule has 2 N–H and O–H groups in total. The fourth-order valence-corrected chi connectivity index (χ4v) is 1.73. The molecule has 2 aromatic rings. The van der Waals surface area contributed by atoms with Crippen LogP contribution in [-0.4, -0.2) is 4.98 Å². The lowest BCUT2D eigenvalue weighted by molar-refractivity contribution is 0.468.